The second kappa shape index (κ2) is 4.75. The summed E-state index contributed by atoms with van der Waals surface area (Å²) in [6.45, 7) is 0. The number of hydrogen-bond donors (Lipinski definition) is 1. The number of rotatable bonds is 2. The number of nitrogens with one attached hydrogen (secondary N) is 1. The largest absolute Gasteiger partial charge is 0.340 e. The Hall–Kier alpha value is -1.73. The highest BCUT2D eigenvalue weighted by molar-refractivity contribution is 9.11. The van der Waals surface area contributed by atoms with Gasteiger partial charge < -0.3 is 9.55 Å². The van der Waals surface area contributed by atoms with Crippen LogP contribution in [0.15, 0.2) is 27.2 Å². The summed E-state index contributed by atoms with van der Waals surface area (Å²) in [7, 11) is 1.90. The highest BCUT2D eigenvalue weighted by atomic mass is 79.9. The van der Waals surface area contributed by atoms with E-state index in [9.17, 15) is 4.79 Å². The zero-order valence-electron chi connectivity index (χ0n) is 9.92. The third-order valence-electron chi connectivity index (χ3n) is 2.53. The summed E-state index contributed by atoms with van der Waals surface area (Å²) in [5.74, 6) is 0.525. The molecule has 3 heterocycles. The second-order valence-corrected chi connectivity index (χ2v) is 6.43. The van der Waals surface area contributed by atoms with Gasteiger partial charge in [0.05, 0.1) is 21.2 Å². The van der Waals surface area contributed by atoms with E-state index < -0.39 is 0 Å². The number of hydrogen-bond acceptors (Lipinski definition) is 4. The van der Waals surface area contributed by atoms with Crippen LogP contribution in [0.4, 0.5) is 0 Å². The third kappa shape index (κ3) is 2.52. The van der Waals surface area contributed by atoms with Gasteiger partial charge in [0.1, 0.15) is 10.7 Å². The zero-order valence-corrected chi connectivity index (χ0v) is 12.3. The minimum absolute atomic E-state index is 0.132. The van der Waals surface area contributed by atoms with Crippen LogP contribution in [0.2, 0.25) is 0 Å². The molecule has 3 aromatic heterocycles. The van der Waals surface area contributed by atoms with Gasteiger partial charge in [0.25, 0.3) is 5.56 Å². The normalized spacial score (nSPS) is 11.7. The van der Waals surface area contributed by atoms with Crippen LogP contribution in [0.5, 0.6) is 0 Å². The molecule has 0 aliphatic rings. The molecule has 0 unspecified atom stereocenters. The second-order valence-electron chi connectivity index (χ2n) is 4.02. The maximum Gasteiger partial charge on any atom is 0.259 e. The van der Waals surface area contributed by atoms with Crippen molar-refractivity contribution in [3.63, 3.8) is 0 Å². The number of fused-ring (bicyclic) bond motifs is 1. The molecule has 0 aromatic carbocycles. The Morgan fingerprint density at radius 1 is 1.47 bits per heavy atom. The van der Waals surface area contributed by atoms with Crippen LogP contribution in [-0.2, 0) is 7.05 Å². The van der Waals surface area contributed by atoms with E-state index in [1.807, 2.05) is 23.9 Å². The monoisotopic (exact) mass is 336 g/mol. The Morgan fingerprint density at radius 2 is 2.32 bits per heavy atom. The Bertz CT molecular complexity index is 830. The number of aromatic amines is 1. The average molecular weight is 337 g/mol. The van der Waals surface area contributed by atoms with Crippen LogP contribution in [0.1, 0.15) is 11.5 Å². The molecule has 0 aliphatic heterocycles. The van der Waals surface area contributed by atoms with E-state index in [1.165, 1.54) is 11.3 Å². The van der Waals surface area contributed by atoms with Crippen molar-refractivity contribution in [3.05, 3.63) is 44.2 Å². The van der Waals surface area contributed by atoms with E-state index in [-0.39, 0.29) is 5.56 Å². The van der Waals surface area contributed by atoms with Crippen molar-refractivity contribution in [2.45, 2.75) is 0 Å². The van der Waals surface area contributed by atoms with Crippen molar-refractivity contribution in [1.82, 2.24) is 19.5 Å². The Balaban J connectivity index is 2.01. The SMILES string of the molecule is Cn1cnc(/C=C/c2nc3sc(Br)cc3c(=O)[nH]2)c1. The molecule has 0 aliphatic carbocycles. The fraction of sp³-hybridized carbons (Fsp3) is 0.0833. The van der Waals surface area contributed by atoms with Crippen LogP contribution < -0.4 is 5.56 Å². The van der Waals surface area contributed by atoms with Crippen molar-refractivity contribution in [2.24, 2.45) is 7.05 Å². The van der Waals surface area contributed by atoms with E-state index in [0.717, 1.165) is 14.3 Å². The molecule has 0 amide bonds. The minimum Gasteiger partial charge on any atom is -0.340 e. The van der Waals surface area contributed by atoms with Gasteiger partial charge in [-0.15, -0.1) is 11.3 Å². The standard InChI is InChI=1S/C12H9BrN4OS/c1-17-5-7(14-6-17)2-3-10-15-11(18)8-4-9(13)19-12(8)16-10/h2-6H,1H3,(H,15,16,18)/b3-2+. The van der Waals surface area contributed by atoms with Crippen LogP contribution in [-0.4, -0.2) is 19.5 Å². The fourth-order valence-corrected chi connectivity index (χ4v) is 3.14. The first-order chi connectivity index (χ1) is 9.11. The van der Waals surface area contributed by atoms with E-state index in [0.29, 0.717) is 11.2 Å². The van der Waals surface area contributed by atoms with Gasteiger partial charge >= 0.3 is 0 Å². The predicted molar refractivity (Wildman–Crippen MR) is 80.1 cm³/mol. The Kier molecular flexibility index (Phi) is 3.08. The minimum atomic E-state index is -0.132. The molecule has 5 nitrogen and oxygen atoms in total. The summed E-state index contributed by atoms with van der Waals surface area (Å²) in [5, 5.41) is 0.604. The van der Waals surface area contributed by atoms with Crippen LogP contribution in [0.3, 0.4) is 0 Å². The molecule has 0 spiro atoms. The number of thiophene rings is 1. The van der Waals surface area contributed by atoms with Crippen molar-refractivity contribution in [2.75, 3.05) is 0 Å². The van der Waals surface area contributed by atoms with Gasteiger partial charge in [0, 0.05) is 13.2 Å². The molecule has 3 aromatic rings. The summed E-state index contributed by atoms with van der Waals surface area (Å²) < 4.78 is 2.75. The van der Waals surface area contributed by atoms with Gasteiger partial charge in [-0.1, -0.05) is 0 Å². The molecule has 19 heavy (non-hydrogen) atoms. The lowest BCUT2D eigenvalue weighted by atomic mass is 10.3. The summed E-state index contributed by atoms with van der Waals surface area (Å²) in [4.78, 5) is 23.9. The van der Waals surface area contributed by atoms with E-state index in [2.05, 4.69) is 30.9 Å². The van der Waals surface area contributed by atoms with Gasteiger partial charge in [-0.25, -0.2) is 9.97 Å². The number of halogens is 1. The first kappa shape index (κ1) is 12.3. The quantitative estimate of drug-likeness (QED) is 0.782. The average Bonchev–Trinajstić information content (AvgIpc) is 2.92. The van der Waals surface area contributed by atoms with Gasteiger partial charge in [0.15, 0.2) is 0 Å². The van der Waals surface area contributed by atoms with Crippen molar-refractivity contribution < 1.29 is 0 Å². The highest BCUT2D eigenvalue weighted by Gasteiger charge is 2.06. The van der Waals surface area contributed by atoms with E-state index >= 15 is 0 Å². The highest BCUT2D eigenvalue weighted by Crippen LogP contribution is 2.25. The van der Waals surface area contributed by atoms with Crippen molar-refractivity contribution >= 4 is 49.6 Å². The first-order valence-corrected chi connectivity index (χ1v) is 7.08. The topological polar surface area (TPSA) is 63.6 Å². The van der Waals surface area contributed by atoms with Crippen LogP contribution >= 0.6 is 27.3 Å². The lowest BCUT2D eigenvalue weighted by Gasteiger charge is -1.93. The molecule has 0 bridgehead atoms. The van der Waals surface area contributed by atoms with E-state index in [1.54, 1.807) is 18.5 Å². The number of imidazole rings is 1. The number of aromatic nitrogens is 4. The van der Waals surface area contributed by atoms with Gasteiger partial charge in [-0.05, 0) is 34.1 Å². The summed E-state index contributed by atoms with van der Waals surface area (Å²) in [6.07, 6.45) is 7.16. The van der Waals surface area contributed by atoms with Crippen LogP contribution in [0, 0.1) is 0 Å². The molecule has 0 radical (unpaired) electrons. The lowest BCUT2D eigenvalue weighted by Crippen LogP contribution is -2.07. The van der Waals surface area contributed by atoms with Gasteiger partial charge in [-0.3, -0.25) is 4.79 Å². The lowest BCUT2D eigenvalue weighted by molar-refractivity contribution is 0.913. The summed E-state index contributed by atoms with van der Waals surface area (Å²) in [5.41, 5.74) is 0.685. The summed E-state index contributed by atoms with van der Waals surface area (Å²) >= 11 is 4.79. The van der Waals surface area contributed by atoms with E-state index in [4.69, 9.17) is 0 Å². The number of nitrogens with zero attached hydrogens (tertiary/aromatic N) is 3. The molecule has 0 saturated heterocycles. The molecule has 0 saturated carbocycles. The Morgan fingerprint density at radius 3 is 3.05 bits per heavy atom. The fourth-order valence-electron chi connectivity index (χ4n) is 1.68. The maximum absolute atomic E-state index is 11.9. The predicted octanol–water partition coefficient (Wildman–Crippen LogP) is 2.65. The van der Waals surface area contributed by atoms with Crippen molar-refractivity contribution in [1.29, 1.82) is 0 Å². The van der Waals surface area contributed by atoms with Gasteiger partial charge in [-0.2, -0.15) is 0 Å². The Labute approximate surface area is 120 Å². The first-order valence-electron chi connectivity index (χ1n) is 5.47. The zero-order chi connectivity index (χ0) is 13.4. The molecular formula is C12H9BrN4OS. The number of aryl methyl sites for hydroxylation is 1. The maximum atomic E-state index is 11.9. The summed E-state index contributed by atoms with van der Waals surface area (Å²) in [6, 6.07) is 1.78. The molecule has 1 N–H and O–H groups in total. The third-order valence-corrected chi connectivity index (χ3v) is 4.06. The molecule has 96 valence electrons. The molecule has 0 fully saturated rings. The van der Waals surface area contributed by atoms with Crippen LogP contribution in [0.25, 0.3) is 22.4 Å². The van der Waals surface area contributed by atoms with Gasteiger partial charge in [0.2, 0.25) is 0 Å². The number of H-pyrrole nitrogens is 1. The smallest absolute Gasteiger partial charge is 0.259 e. The molecule has 7 heteroatoms. The molecule has 0 atom stereocenters. The molecular weight excluding hydrogens is 328 g/mol. The molecule has 3 rings (SSSR count). The van der Waals surface area contributed by atoms with Crippen molar-refractivity contribution in [3.8, 4) is 0 Å².